The Labute approximate surface area is 132 Å². The number of halogens is 4. The quantitative estimate of drug-likeness (QED) is 0.734. The first kappa shape index (κ1) is 18.5. The summed E-state index contributed by atoms with van der Waals surface area (Å²) in [6.07, 6.45) is -2.78. The van der Waals surface area contributed by atoms with Crippen LogP contribution in [0.1, 0.15) is 31.4 Å². The minimum atomic E-state index is -4.14. The number of rotatable bonds is 8. The number of alkyl halides is 3. The fourth-order valence-electron chi connectivity index (χ4n) is 2.35. The second kappa shape index (κ2) is 8.76. The third kappa shape index (κ3) is 7.29. The van der Waals surface area contributed by atoms with Crippen molar-refractivity contribution in [1.29, 1.82) is 0 Å². The second-order valence-electron chi connectivity index (χ2n) is 5.08. The molecule has 0 aromatic heterocycles. The summed E-state index contributed by atoms with van der Waals surface area (Å²) < 4.78 is 38.6. The van der Waals surface area contributed by atoms with Crippen LogP contribution in [0.5, 0.6) is 0 Å². The third-order valence-electron chi connectivity index (χ3n) is 3.28. The predicted molar refractivity (Wildman–Crippen MR) is 83.3 cm³/mol. The number of nitrogens with zero attached hydrogens (tertiary/aromatic N) is 1. The van der Waals surface area contributed by atoms with Crippen LogP contribution in [0.2, 0.25) is 0 Å². The highest BCUT2D eigenvalue weighted by Gasteiger charge is 2.30. The largest absolute Gasteiger partial charge is 0.401 e. The van der Waals surface area contributed by atoms with E-state index in [2.05, 4.69) is 21.2 Å². The molecule has 0 saturated carbocycles. The molecule has 0 aliphatic carbocycles. The fraction of sp³-hybridized carbons (Fsp3) is 0.600. The maximum Gasteiger partial charge on any atom is 0.401 e. The standard InChI is InChI=1S/C15H22BrF3N2/c1-3-8-21(11-15(17,18)19)9-7-14(20-2)12-5-4-6-13(16)10-12/h4-6,10,14,20H,3,7-9,11H2,1-2H3. The molecule has 21 heavy (non-hydrogen) atoms. The Bertz CT molecular complexity index is 424. The monoisotopic (exact) mass is 366 g/mol. The molecule has 2 nitrogen and oxygen atoms in total. The van der Waals surface area contributed by atoms with Gasteiger partial charge >= 0.3 is 6.18 Å². The minimum Gasteiger partial charge on any atom is -0.313 e. The van der Waals surface area contributed by atoms with Crippen molar-refractivity contribution in [3.8, 4) is 0 Å². The van der Waals surface area contributed by atoms with Crippen molar-refractivity contribution in [2.75, 3.05) is 26.7 Å². The third-order valence-corrected chi connectivity index (χ3v) is 3.77. The van der Waals surface area contributed by atoms with Crippen LogP contribution in [0.15, 0.2) is 28.7 Å². The minimum absolute atomic E-state index is 0.0510. The predicted octanol–water partition coefficient (Wildman–Crippen LogP) is 4.37. The van der Waals surface area contributed by atoms with Crippen LogP contribution in [0.4, 0.5) is 13.2 Å². The summed E-state index contributed by atoms with van der Waals surface area (Å²) in [6, 6.07) is 7.90. The molecule has 0 bridgehead atoms. The van der Waals surface area contributed by atoms with Gasteiger partial charge in [-0.05, 0) is 44.1 Å². The van der Waals surface area contributed by atoms with Crippen LogP contribution in [0, 0.1) is 0 Å². The Morgan fingerprint density at radius 1 is 1.29 bits per heavy atom. The molecule has 0 aliphatic heterocycles. The number of nitrogens with one attached hydrogen (secondary N) is 1. The summed E-state index contributed by atoms with van der Waals surface area (Å²) in [5.74, 6) is 0. The summed E-state index contributed by atoms with van der Waals surface area (Å²) in [4.78, 5) is 1.47. The molecule has 0 saturated heterocycles. The number of benzene rings is 1. The van der Waals surface area contributed by atoms with Crippen molar-refractivity contribution in [3.63, 3.8) is 0 Å². The van der Waals surface area contributed by atoms with Gasteiger partial charge in [0.2, 0.25) is 0 Å². The van der Waals surface area contributed by atoms with Gasteiger partial charge in [-0.1, -0.05) is 35.0 Å². The topological polar surface area (TPSA) is 15.3 Å². The van der Waals surface area contributed by atoms with Gasteiger partial charge in [0.05, 0.1) is 6.54 Å². The molecule has 1 rings (SSSR count). The Balaban J connectivity index is 2.63. The van der Waals surface area contributed by atoms with Gasteiger partial charge in [0.15, 0.2) is 0 Å². The lowest BCUT2D eigenvalue weighted by Gasteiger charge is -2.26. The van der Waals surface area contributed by atoms with Gasteiger partial charge in [0, 0.05) is 17.1 Å². The highest BCUT2D eigenvalue weighted by Crippen LogP contribution is 2.22. The molecule has 1 aromatic carbocycles. The van der Waals surface area contributed by atoms with Crippen LogP contribution in [-0.2, 0) is 0 Å². The van der Waals surface area contributed by atoms with Crippen molar-refractivity contribution < 1.29 is 13.2 Å². The van der Waals surface area contributed by atoms with Gasteiger partial charge in [0.1, 0.15) is 0 Å². The zero-order valence-corrected chi connectivity index (χ0v) is 14.0. The molecule has 0 amide bonds. The summed E-state index contributed by atoms with van der Waals surface area (Å²) in [6.45, 7) is 1.95. The average Bonchev–Trinajstić information content (AvgIpc) is 2.38. The Kier molecular flexibility index (Phi) is 7.70. The van der Waals surface area contributed by atoms with Crippen molar-refractivity contribution in [2.45, 2.75) is 32.0 Å². The molecular weight excluding hydrogens is 345 g/mol. The smallest absolute Gasteiger partial charge is 0.313 e. The number of hydrogen-bond acceptors (Lipinski definition) is 2. The maximum absolute atomic E-state index is 12.5. The Hall–Kier alpha value is -0.590. The summed E-state index contributed by atoms with van der Waals surface area (Å²) in [5, 5.41) is 3.18. The molecule has 0 aliphatic rings. The molecule has 0 heterocycles. The molecule has 0 spiro atoms. The second-order valence-corrected chi connectivity index (χ2v) is 5.99. The van der Waals surface area contributed by atoms with E-state index >= 15 is 0 Å². The van der Waals surface area contributed by atoms with Gasteiger partial charge in [-0.3, -0.25) is 4.90 Å². The lowest BCUT2D eigenvalue weighted by Crippen LogP contribution is -2.36. The molecule has 1 atom stereocenters. The van der Waals surface area contributed by atoms with E-state index in [9.17, 15) is 13.2 Å². The van der Waals surface area contributed by atoms with Gasteiger partial charge in [-0.2, -0.15) is 13.2 Å². The lowest BCUT2D eigenvalue weighted by atomic mass is 10.0. The molecule has 0 radical (unpaired) electrons. The van der Waals surface area contributed by atoms with E-state index in [0.29, 0.717) is 19.5 Å². The highest BCUT2D eigenvalue weighted by atomic mass is 79.9. The van der Waals surface area contributed by atoms with Crippen molar-refractivity contribution in [1.82, 2.24) is 10.2 Å². The van der Waals surface area contributed by atoms with Crippen LogP contribution in [0.3, 0.4) is 0 Å². The highest BCUT2D eigenvalue weighted by molar-refractivity contribution is 9.10. The summed E-state index contributed by atoms with van der Waals surface area (Å²) >= 11 is 3.42. The molecule has 1 N–H and O–H groups in total. The average molecular weight is 367 g/mol. The van der Waals surface area contributed by atoms with Crippen molar-refractivity contribution in [2.24, 2.45) is 0 Å². The van der Waals surface area contributed by atoms with Crippen molar-refractivity contribution in [3.05, 3.63) is 34.3 Å². The zero-order chi connectivity index (χ0) is 15.9. The first-order chi connectivity index (χ1) is 9.85. The molecule has 120 valence electrons. The molecule has 6 heteroatoms. The normalized spacial score (nSPS) is 13.7. The van der Waals surface area contributed by atoms with Gasteiger partial charge < -0.3 is 5.32 Å². The first-order valence-corrected chi connectivity index (χ1v) is 7.87. The lowest BCUT2D eigenvalue weighted by molar-refractivity contribution is -0.146. The van der Waals surface area contributed by atoms with Gasteiger partial charge in [-0.25, -0.2) is 0 Å². The first-order valence-electron chi connectivity index (χ1n) is 7.07. The Morgan fingerprint density at radius 3 is 2.52 bits per heavy atom. The Morgan fingerprint density at radius 2 is 2.00 bits per heavy atom. The van der Waals surface area contributed by atoms with E-state index in [1.165, 1.54) is 4.90 Å². The van der Waals surface area contributed by atoms with E-state index < -0.39 is 12.7 Å². The van der Waals surface area contributed by atoms with E-state index in [1.54, 1.807) is 0 Å². The summed E-state index contributed by atoms with van der Waals surface area (Å²) in [7, 11) is 1.83. The van der Waals surface area contributed by atoms with Crippen molar-refractivity contribution >= 4 is 15.9 Å². The molecular formula is C15H22BrF3N2. The molecule has 0 fully saturated rings. The SMILES string of the molecule is CCCN(CCC(NC)c1cccc(Br)c1)CC(F)(F)F. The molecule has 1 aromatic rings. The maximum atomic E-state index is 12.5. The van der Waals surface area contributed by atoms with Crippen LogP contribution < -0.4 is 5.32 Å². The fourth-order valence-corrected chi connectivity index (χ4v) is 2.77. The van der Waals surface area contributed by atoms with Crippen LogP contribution in [-0.4, -0.2) is 37.8 Å². The van der Waals surface area contributed by atoms with Crippen LogP contribution in [0.25, 0.3) is 0 Å². The van der Waals surface area contributed by atoms with E-state index in [-0.39, 0.29) is 6.04 Å². The summed E-state index contributed by atoms with van der Waals surface area (Å²) in [5.41, 5.74) is 1.08. The van der Waals surface area contributed by atoms with Crippen LogP contribution >= 0.6 is 15.9 Å². The van der Waals surface area contributed by atoms with E-state index in [4.69, 9.17) is 0 Å². The number of hydrogen-bond donors (Lipinski definition) is 1. The zero-order valence-electron chi connectivity index (χ0n) is 12.4. The van der Waals surface area contributed by atoms with Gasteiger partial charge in [0.25, 0.3) is 0 Å². The van der Waals surface area contributed by atoms with E-state index in [0.717, 1.165) is 16.5 Å². The van der Waals surface area contributed by atoms with Gasteiger partial charge in [-0.15, -0.1) is 0 Å². The molecule has 1 unspecified atom stereocenters. The van der Waals surface area contributed by atoms with E-state index in [1.807, 2.05) is 38.2 Å².